The van der Waals surface area contributed by atoms with Crippen molar-refractivity contribution in [3.63, 3.8) is 0 Å². The Kier molecular flexibility index (Phi) is 33.1. The fourth-order valence-electron chi connectivity index (χ4n) is 7.75. The van der Waals surface area contributed by atoms with E-state index in [9.17, 15) is 0 Å². The molecule has 0 amide bonds. The second-order valence-electron chi connectivity index (χ2n) is 14.4. The fourth-order valence-corrected chi connectivity index (χ4v) is 7.75. The molecular formula is C41H86. The van der Waals surface area contributed by atoms with Crippen molar-refractivity contribution >= 4 is 0 Å². The predicted octanol–water partition coefficient (Wildman–Crippen LogP) is 15.6. The molecule has 0 spiro atoms. The molecule has 4 fully saturated rings. The minimum atomic E-state index is 0. The highest BCUT2D eigenvalue weighted by Gasteiger charge is 2.23. The van der Waals surface area contributed by atoms with Gasteiger partial charge in [-0.1, -0.05) is 230 Å². The zero-order valence-corrected chi connectivity index (χ0v) is 29.8. The Balaban J connectivity index is 0. The van der Waals surface area contributed by atoms with Gasteiger partial charge in [0.05, 0.1) is 0 Å². The summed E-state index contributed by atoms with van der Waals surface area (Å²) in [6.07, 6.45) is 39.1. The highest BCUT2D eigenvalue weighted by atomic mass is 14.3. The highest BCUT2D eigenvalue weighted by molar-refractivity contribution is 4.75. The van der Waals surface area contributed by atoms with Gasteiger partial charge in [0.15, 0.2) is 0 Å². The molecule has 0 aromatic heterocycles. The third-order valence-electron chi connectivity index (χ3n) is 10.5. The van der Waals surface area contributed by atoms with Crippen LogP contribution >= 0.6 is 0 Å². The molecule has 0 nitrogen and oxygen atoms in total. The van der Waals surface area contributed by atoms with Gasteiger partial charge in [0.2, 0.25) is 0 Å². The van der Waals surface area contributed by atoms with Gasteiger partial charge in [-0.3, -0.25) is 0 Å². The Bertz CT molecular complexity index is 434. The summed E-state index contributed by atoms with van der Waals surface area (Å²) in [7, 11) is 0. The third kappa shape index (κ3) is 25.1. The van der Waals surface area contributed by atoms with Crippen molar-refractivity contribution in [1.29, 1.82) is 0 Å². The van der Waals surface area contributed by atoms with Crippen LogP contribution in [0, 0.1) is 35.5 Å². The second kappa shape index (κ2) is 31.4. The van der Waals surface area contributed by atoms with Crippen LogP contribution in [0.5, 0.6) is 0 Å². The standard InChI is InChI=1S/C17H32.C10H20.C9H18.2C2H6.CH4/c1-15-9-7-13-17(14-8-10-15)16-11-5-3-2-4-6-12-16;1-9-5-3-7-10(2)8-4-6-9;1-9-7-5-3-2-4-6-8-9;2*1-2;/h15-17H,2-14H2,1H3;9-10H,3-8H2,1-2H3;9H,2-8H2,1H3;2*1-2H3;1H4. The van der Waals surface area contributed by atoms with E-state index in [1.165, 1.54) is 141 Å². The minimum absolute atomic E-state index is 0. The van der Waals surface area contributed by atoms with Crippen molar-refractivity contribution in [2.24, 2.45) is 35.5 Å². The SMILES string of the molecule is C.CC.CC.CC1CCCC(C)CCC1.CC1CCCC(C2CCCCCCC2)CCC1.CC1CCCCCCC1. The molecule has 4 rings (SSSR count). The van der Waals surface area contributed by atoms with Crippen LogP contribution in [0.1, 0.15) is 230 Å². The summed E-state index contributed by atoms with van der Waals surface area (Å²) in [5, 5.41) is 0. The Labute approximate surface area is 264 Å². The second-order valence-corrected chi connectivity index (χ2v) is 14.4. The van der Waals surface area contributed by atoms with Crippen molar-refractivity contribution in [3.8, 4) is 0 Å². The maximum absolute atomic E-state index is 2.45. The molecule has 0 atom stereocenters. The van der Waals surface area contributed by atoms with Crippen molar-refractivity contribution in [3.05, 3.63) is 0 Å². The average molecular weight is 579 g/mol. The Morgan fingerprint density at radius 2 is 0.415 bits per heavy atom. The highest BCUT2D eigenvalue weighted by Crippen LogP contribution is 2.36. The van der Waals surface area contributed by atoms with Crippen LogP contribution in [0.4, 0.5) is 0 Å². The summed E-state index contributed by atoms with van der Waals surface area (Å²) >= 11 is 0. The van der Waals surface area contributed by atoms with Gasteiger partial charge >= 0.3 is 0 Å². The van der Waals surface area contributed by atoms with E-state index in [0.29, 0.717) is 0 Å². The van der Waals surface area contributed by atoms with Crippen molar-refractivity contribution in [2.75, 3.05) is 0 Å². The first-order chi connectivity index (χ1) is 19.5. The summed E-state index contributed by atoms with van der Waals surface area (Å²) in [5.41, 5.74) is 0. The molecule has 41 heavy (non-hydrogen) atoms. The molecule has 0 radical (unpaired) electrons. The zero-order chi connectivity index (χ0) is 29.8. The van der Waals surface area contributed by atoms with Crippen LogP contribution in [-0.4, -0.2) is 0 Å². The van der Waals surface area contributed by atoms with Gasteiger partial charge < -0.3 is 0 Å². The zero-order valence-electron chi connectivity index (χ0n) is 29.8. The number of hydrogen-bond donors (Lipinski definition) is 0. The minimum Gasteiger partial charge on any atom is -0.0776 e. The fraction of sp³-hybridized carbons (Fsp3) is 1.00. The van der Waals surface area contributed by atoms with Gasteiger partial charge in [0.1, 0.15) is 0 Å². The summed E-state index contributed by atoms with van der Waals surface area (Å²) in [6.45, 7) is 17.6. The van der Waals surface area contributed by atoms with Crippen molar-refractivity contribution < 1.29 is 0 Å². The van der Waals surface area contributed by atoms with Crippen LogP contribution in [0.25, 0.3) is 0 Å². The lowest BCUT2D eigenvalue weighted by molar-refractivity contribution is 0.210. The third-order valence-corrected chi connectivity index (χ3v) is 10.5. The topological polar surface area (TPSA) is 0 Å². The lowest BCUT2D eigenvalue weighted by Gasteiger charge is -2.31. The molecule has 0 bridgehead atoms. The normalized spacial score (nSPS) is 29.0. The molecule has 0 heteroatoms. The Morgan fingerprint density at radius 3 is 0.707 bits per heavy atom. The first kappa shape index (κ1) is 43.1. The number of rotatable bonds is 1. The molecule has 250 valence electrons. The van der Waals surface area contributed by atoms with E-state index in [1.54, 1.807) is 25.7 Å². The van der Waals surface area contributed by atoms with E-state index in [0.717, 1.165) is 35.5 Å². The average Bonchev–Trinajstić information content (AvgIpc) is 2.91. The molecule has 0 heterocycles. The van der Waals surface area contributed by atoms with E-state index in [2.05, 4.69) is 27.7 Å². The van der Waals surface area contributed by atoms with E-state index in [1.807, 2.05) is 27.7 Å². The molecule has 0 aromatic carbocycles. The molecule has 4 aliphatic rings. The molecule has 0 N–H and O–H groups in total. The van der Waals surface area contributed by atoms with Gasteiger partial charge in [0, 0.05) is 0 Å². The molecule has 0 aromatic rings. The Morgan fingerprint density at radius 1 is 0.244 bits per heavy atom. The summed E-state index contributed by atoms with van der Waals surface area (Å²) < 4.78 is 0. The summed E-state index contributed by atoms with van der Waals surface area (Å²) in [6, 6.07) is 0. The van der Waals surface area contributed by atoms with Crippen molar-refractivity contribution in [1.82, 2.24) is 0 Å². The van der Waals surface area contributed by atoms with Gasteiger partial charge in [-0.2, -0.15) is 0 Å². The quantitative estimate of drug-likeness (QED) is 0.290. The summed E-state index contributed by atoms with van der Waals surface area (Å²) in [5.74, 6) is 6.24. The van der Waals surface area contributed by atoms with Crippen LogP contribution in [0.2, 0.25) is 0 Å². The Hall–Kier alpha value is 0. The molecule has 0 aliphatic heterocycles. The molecule has 0 saturated heterocycles. The van der Waals surface area contributed by atoms with Crippen LogP contribution in [-0.2, 0) is 0 Å². The molecular weight excluding hydrogens is 492 g/mol. The first-order valence-electron chi connectivity index (χ1n) is 19.5. The van der Waals surface area contributed by atoms with Crippen LogP contribution < -0.4 is 0 Å². The number of hydrogen-bond acceptors (Lipinski definition) is 0. The summed E-state index contributed by atoms with van der Waals surface area (Å²) in [4.78, 5) is 0. The van der Waals surface area contributed by atoms with Crippen LogP contribution in [0.15, 0.2) is 0 Å². The van der Waals surface area contributed by atoms with E-state index < -0.39 is 0 Å². The molecule has 4 aliphatic carbocycles. The first-order valence-corrected chi connectivity index (χ1v) is 19.5. The predicted molar refractivity (Wildman–Crippen MR) is 193 cm³/mol. The van der Waals surface area contributed by atoms with E-state index >= 15 is 0 Å². The lowest BCUT2D eigenvalue weighted by Crippen LogP contribution is -2.18. The largest absolute Gasteiger partial charge is 0.0776 e. The molecule has 4 saturated carbocycles. The van der Waals surface area contributed by atoms with Crippen molar-refractivity contribution in [2.45, 2.75) is 230 Å². The van der Waals surface area contributed by atoms with Crippen LogP contribution in [0.3, 0.4) is 0 Å². The molecule has 0 unspecified atom stereocenters. The van der Waals surface area contributed by atoms with Gasteiger partial charge in [0.25, 0.3) is 0 Å². The lowest BCUT2D eigenvalue weighted by atomic mass is 9.75. The van der Waals surface area contributed by atoms with Gasteiger partial charge in [-0.25, -0.2) is 0 Å². The monoisotopic (exact) mass is 579 g/mol. The van der Waals surface area contributed by atoms with Gasteiger partial charge in [-0.05, 0) is 35.5 Å². The maximum atomic E-state index is 2.45. The van der Waals surface area contributed by atoms with E-state index in [-0.39, 0.29) is 7.43 Å². The smallest absolute Gasteiger partial charge is 0.0386 e. The maximum Gasteiger partial charge on any atom is -0.0386 e. The van der Waals surface area contributed by atoms with E-state index in [4.69, 9.17) is 0 Å². The van der Waals surface area contributed by atoms with Gasteiger partial charge in [-0.15, -0.1) is 0 Å².